The molecule has 0 bridgehead atoms. The number of carbonyl (C=O) groups is 1. The van der Waals surface area contributed by atoms with Crippen molar-refractivity contribution in [2.75, 3.05) is 0 Å². The second kappa shape index (κ2) is 8.54. The van der Waals surface area contributed by atoms with Crippen molar-refractivity contribution in [2.24, 2.45) is 0 Å². The Balaban J connectivity index is 1.30. The van der Waals surface area contributed by atoms with E-state index in [1.165, 1.54) is 11.1 Å². The Morgan fingerprint density at radius 3 is 2.47 bits per heavy atom. The van der Waals surface area contributed by atoms with Gasteiger partial charge in [-0.1, -0.05) is 42.5 Å². The van der Waals surface area contributed by atoms with E-state index in [-0.39, 0.29) is 11.5 Å². The van der Waals surface area contributed by atoms with Crippen molar-refractivity contribution in [1.82, 2.24) is 9.97 Å². The monoisotopic (exact) mass is 472 g/mol. The van der Waals surface area contributed by atoms with Gasteiger partial charge in [0.05, 0.1) is 16.6 Å². The number of fused-ring (bicyclic) bond motifs is 2. The highest BCUT2D eigenvalue weighted by Crippen LogP contribution is 2.31. The van der Waals surface area contributed by atoms with Gasteiger partial charge >= 0.3 is 0 Å². The number of furan rings is 1. The van der Waals surface area contributed by atoms with Crippen molar-refractivity contribution in [3.05, 3.63) is 119 Å². The molecule has 0 saturated carbocycles. The zero-order chi connectivity index (χ0) is 24.8. The number of H-pyrrole nitrogens is 1. The lowest BCUT2D eigenvalue weighted by Gasteiger charge is -2.07. The minimum absolute atomic E-state index is 0.132. The van der Waals surface area contributed by atoms with Crippen LogP contribution in [0.15, 0.2) is 89.3 Å². The lowest BCUT2D eigenvalue weighted by Crippen LogP contribution is -1.98. The van der Waals surface area contributed by atoms with Crippen molar-refractivity contribution >= 4 is 27.8 Å². The second-order valence-corrected chi connectivity index (χ2v) is 9.25. The van der Waals surface area contributed by atoms with E-state index in [9.17, 15) is 9.90 Å². The Kier molecular flexibility index (Phi) is 5.19. The average molecular weight is 473 g/mol. The van der Waals surface area contributed by atoms with Gasteiger partial charge in [0.1, 0.15) is 17.2 Å². The zero-order valence-electron chi connectivity index (χ0n) is 20.0. The molecule has 0 fully saturated rings. The maximum absolute atomic E-state index is 12.8. The van der Waals surface area contributed by atoms with Crippen LogP contribution in [0.4, 0.5) is 0 Å². The van der Waals surface area contributed by atoms with E-state index in [2.05, 4.69) is 31.0 Å². The van der Waals surface area contributed by atoms with Crippen LogP contribution in [-0.4, -0.2) is 20.9 Å². The van der Waals surface area contributed by atoms with Crippen LogP contribution in [0.25, 0.3) is 33.4 Å². The summed E-state index contributed by atoms with van der Waals surface area (Å²) in [5.74, 6) is 1.02. The maximum Gasteiger partial charge on any atom is 0.228 e. The number of benzene rings is 4. The van der Waals surface area contributed by atoms with Crippen LogP contribution in [0.5, 0.6) is 5.75 Å². The third kappa shape index (κ3) is 3.95. The van der Waals surface area contributed by atoms with Gasteiger partial charge < -0.3 is 14.5 Å². The van der Waals surface area contributed by atoms with E-state index in [0.717, 1.165) is 27.5 Å². The Bertz CT molecular complexity index is 1720. The normalized spacial score (nSPS) is 11.4. The number of imidazole rings is 1. The van der Waals surface area contributed by atoms with Crippen LogP contribution in [0.3, 0.4) is 0 Å². The number of aromatic amines is 1. The summed E-state index contributed by atoms with van der Waals surface area (Å²) in [4.78, 5) is 20.8. The lowest BCUT2D eigenvalue weighted by atomic mass is 10.0. The van der Waals surface area contributed by atoms with Crippen LogP contribution in [-0.2, 0) is 6.42 Å². The molecule has 0 aliphatic carbocycles. The summed E-state index contributed by atoms with van der Waals surface area (Å²) in [7, 11) is 0. The molecule has 36 heavy (non-hydrogen) atoms. The average Bonchev–Trinajstić information content (AvgIpc) is 3.49. The molecule has 0 amide bonds. The van der Waals surface area contributed by atoms with Gasteiger partial charge in [-0.2, -0.15) is 0 Å². The van der Waals surface area contributed by atoms with E-state index in [1.807, 2.05) is 48.5 Å². The molecule has 2 heterocycles. The number of carbonyl (C=O) groups excluding carboxylic acids is 1. The highest BCUT2D eigenvalue weighted by molar-refractivity contribution is 6.09. The third-order valence-electron chi connectivity index (χ3n) is 6.66. The number of aromatic hydroxyl groups is 1. The highest BCUT2D eigenvalue weighted by atomic mass is 16.3. The number of aromatic nitrogens is 2. The summed E-state index contributed by atoms with van der Waals surface area (Å²) in [6.07, 6.45) is 0.662. The first-order chi connectivity index (χ1) is 17.4. The standard InChI is InChI=1S/C31H24N2O3/c1-18-12-25-26(13-19(18)2)33-31(32-25)24-16-21(8-10-27(24)34)14-20-9-11-28-23(15-20)17-29(36-28)30(35)22-6-4-3-5-7-22/h3-13,15-17,34H,14H2,1-2H3,(H,32,33). The summed E-state index contributed by atoms with van der Waals surface area (Å²) in [5, 5.41) is 11.5. The number of hydrogen-bond acceptors (Lipinski definition) is 4. The highest BCUT2D eigenvalue weighted by Gasteiger charge is 2.15. The van der Waals surface area contributed by atoms with Gasteiger partial charge in [0.15, 0.2) is 5.76 Å². The molecular formula is C31H24N2O3. The van der Waals surface area contributed by atoms with Crippen LogP contribution >= 0.6 is 0 Å². The number of hydrogen-bond donors (Lipinski definition) is 2. The molecule has 5 nitrogen and oxygen atoms in total. The lowest BCUT2D eigenvalue weighted by molar-refractivity contribution is 0.101. The molecule has 4 aromatic carbocycles. The van der Waals surface area contributed by atoms with Gasteiger partial charge in [0, 0.05) is 10.9 Å². The Hall–Kier alpha value is -4.64. The fourth-order valence-electron chi connectivity index (χ4n) is 4.56. The molecule has 5 heteroatoms. The number of rotatable bonds is 5. The molecule has 0 spiro atoms. The van der Waals surface area contributed by atoms with Crippen molar-refractivity contribution in [2.45, 2.75) is 20.3 Å². The quantitative estimate of drug-likeness (QED) is 0.262. The van der Waals surface area contributed by atoms with Crippen molar-refractivity contribution in [1.29, 1.82) is 0 Å². The number of nitrogens with zero attached hydrogens (tertiary/aromatic N) is 1. The molecule has 0 saturated heterocycles. The zero-order valence-corrected chi connectivity index (χ0v) is 20.0. The van der Waals surface area contributed by atoms with E-state index < -0.39 is 0 Å². The van der Waals surface area contributed by atoms with E-state index in [1.54, 1.807) is 24.3 Å². The molecule has 0 unspecified atom stereocenters. The first-order valence-corrected chi connectivity index (χ1v) is 11.9. The van der Waals surface area contributed by atoms with Crippen LogP contribution < -0.4 is 0 Å². The summed E-state index contributed by atoms with van der Waals surface area (Å²) in [6, 6.07) is 26.6. The molecular weight excluding hydrogens is 448 g/mol. The number of aryl methyl sites for hydroxylation is 2. The third-order valence-corrected chi connectivity index (χ3v) is 6.66. The smallest absolute Gasteiger partial charge is 0.228 e. The minimum Gasteiger partial charge on any atom is -0.507 e. The SMILES string of the molecule is Cc1cc2nc(-c3cc(Cc4ccc5oc(C(=O)c6ccccc6)cc5c4)ccc3O)[nH]c2cc1C. The van der Waals surface area contributed by atoms with Crippen LogP contribution in [0.1, 0.15) is 38.4 Å². The summed E-state index contributed by atoms with van der Waals surface area (Å²) >= 11 is 0. The molecule has 176 valence electrons. The Morgan fingerprint density at radius 2 is 1.64 bits per heavy atom. The number of phenolic OH excluding ortho intramolecular Hbond substituents is 1. The summed E-state index contributed by atoms with van der Waals surface area (Å²) in [6.45, 7) is 4.14. The van der Waals surface area contributed by atoms with Gasteiger partial charge in [-0.3, -0.25) is 4.79 Å². The van der Waals surface area contributed by atoms with Crippen LogP contribution in [0.2, 0.25) is 0 Å². The van der Waals surface area contributed by atoms with Crippen molar-refractivity contribution in [3.63, 3.8) is 0 Å². The number of phenols is 1. The first kappa shape index (κ1) is 21.9. The first-order valence-electron chi connectivity index (χ1n) is 11.9. The molecule has 0 aliphatic rings. The summed E-state index contributed by atoms with van der Waals surface area (Å²) < 4.78 is 5.83. The van der Waals surface area contributed by atoms with E-state index in [4.69, 9.17) is 9.40 Å². The molecule has 0 atom stereocenters. The molecule has 0 radical (unpaired) electrons. The molecule has 0 aliphatic heterocycles. The van der Waals surface area contributed by atoms with Crippen LogP contribution in [0, 0.1) is 13.8 Å². The van der Waals surface area contributed by atoms with Crippen molar-refractivity contribution in [3.8, 4) is 17.1 Å². The maximum atomic E-state index is 12.8. The fraction of sp³-hybridized carbons (Fsp3) is 0.0968. The summed E-state index contributed by atoms with van der Waals surface area (Å²) in [5.41, 5.74) is 8.27. The van der Waals surface area contributed by atoms with Gasteiger partial charge in [-0.05, 0) is 85.0 Å². The predicted molar refractivity (Wildman–Crippen MR) is 142 cm³/mol. The number of ketones is 1. The largest absolute Gasteiger partial charge is 0.507 e. The minimum atomic E-state index is -0.132. The van der Waals surface area contributed by atoms with Gasteiger partial charge in [0.2, 0.25) is 5.78 Å². The molecule has 6 aromatic rings. The van der Waals surface area contributed by atoms with Crippen molar-refractivity contribution < 1.29 is 14.3 Å². The molecule has 6 rings (SSSR count). The Morgan fingerprint density at radius 1 is 0.889 bits per heavy atom. The number of nitrogens with one attached hydrogen (secondary N) is 1. The Labute approximate surface area is 208 Å². The predicted octanol–water partition coefficient (Wildman–Crippen LogP) is 7.12. The van der Waals surface area contributed by atoms with E-state index in [0.29, 0.717) is 34.7 Å². The topological polar surface area (TPSA) is 79.1 Å². The fourth-order valence-corrected chi connectivity index (χ4v) is 4.56. The molecule has 2 N–H and O–H groups in total. The molecule has 2 aromatic heterocycles. The van der Waals surface area contributed by atoms with E-state index >= 15 is 0 Å². The second-order valence-electron chi connectivity index (χ2n) is 9.25. The van der Waals surface area contributed by atoms with Gasteiger partial charge in [-0.25, -0.2) is 4.98 Å². The van der Waals surface area contributed by atoms with Gasteiger partial charge in [0.25, 0.3) is 0 Å². The van der Waals surface area contributed by atoms with Gasteiger partial charge in [-0.15, -0.1) is 0 Å².